The summed E-state index contributed by atoms with van der Waals surface area (Å²) in [6, 6.07) is 4.15. The number of carbonyl (C=O) groups excluding carboxylic acids is 1. The van der Waals surface area contributed by atoms with E-state index in [-0.39, 0.29) is 0 Å². The van der Waals surface area contributed by atoms with Crippen LogP contribution in [0.25, 0.3) is 0 Å². The summed E-state index contributed by atoms with van der Waals surface area (Å²) in [5, 5.41) is 10.9. The summed E-state index contributed by atoms with van der Waals surface area (Å²) >= 11 is 0. The molecule has 0 aliphatic rings. The summed E-state index contributed by atoms with van der Waals surface area (Å²) in [4.78, 5) is 11.7. The van der Waals surface area contributed by atoms with Crippen molar-refractivity contribution in [3.05, 3.63) is 59.2 Å². The number of hydrogen-bond donors (Lipinski definition) is 2. The molecule has 0 bridgehead atoms. The Morgan fingerprint density at radius 1 is 0.950 bits per heavy atom. The van der Waals surface area contributed by atoms with Gasteiger partial charge in [0.1, 0.15) is 11.6 Å². The van der Waals surface area contributed by atoms with Crippen molar-refractivity contribution >= 4 is 11.6 Å². The number of phenolic OH excluding ortho intramolecular Hbond substituents is 1. The van der Waals surface area contributed by atoms with Gasteiger partial charge in [-0.2, -0.15) is 0 Å². The summed E-state index contributed by atoms with van der Waals surface area (Å²) < 4.78 is 52.4. The molecule has 2 aromatic rings. The number of nitrogens with one attached hydrogen (secondary N) is 1. The average Bonchev–Trinajstić information content (AvgIpc) is 2.39. The first kappa shape index (κ1) is 13.9. The normalized spacial score (nSPS) is 10.4. The lowest BCUT2D eigenvalue weighted by Gasteiger charge is -2.08. The lowest BCUT2D eigenvalue weighted by Crippen LogP contribution is -2.15. The van der Waals surface area contributed by atoms with E-state index in [4.69, 9.17) is 5.11 Å². The molecule has 0 aliphatic heterocycles. The maximum Gasteiger partial charge on any atom is 0.258 e. The highest BCUT2D eigenvalue weighted by Gasteiger charge is 2.18. The summed E-state index contributed by atoms with van der Waals surface area (Å²) in [6.07, 6.45) is 0. The van der Waals surface area contributed by atoms with Crippen LogP contribution in [0.3, 0.4) is 0 Å². The van der Waals surface area contributed by atoms with Crippen LogP contribution in [-0.4, -0.2) is 11.0 Å². The van der Waals surface area contributed by atoms with Crippen molar-refractivity contribution in [2.24, 2.45) is 0 Å². The van der Waals surface area contributed by atoms with Crippen LogP contribution < -0.4 is 5.32 Å². The van der Waals surface area contributed by atoms with E-state index in [0.717, 1.165) is 18.2 Å². The van der Waals surface area contributed by atoms with E-state index in [0.29, 0.717) is 12.1 Å². The van der Waals surface area contributed by atoms with Gasteiger partial charge in [-0.05, 0) is 24.3 Å². The van der Waals surface area contributed by atoms with E-state index < -0.39 is 46.2 Å². The molecule has 2 aromatic carbocycles. The minimum absolute atomic E-state index is 0.391. The highest BCUT2D eigenvalue weighted by molar-refractivity contribution is 6.04. The van der Waals surface area contributed by atoms with Crippen LogP contribution >= 0.6 is 0 Å². The molecule has 0 spiro atoms. The van der Waals surface area contributed by atoms with Crippen LogP contribution in [0.1, 0.15) is 10.4 Å². The van der Waals surface area contributed by atoms with E-state index in [1.165, 1.54) is 0 Å². The van der Waals surface area contributed by atoms with E-state index >= 15 is 0 Å². The summed E-state index contributed by atoms with van der Waals surface area (Å²) in [7, 11) is 0. The number of halogens is 4. The number of amides is 1. The third-order valence-electron chi connectivity index (χ3n) is 2.48. The molecule has 0 unspecified atom stereocenters. The van der Waals surface area contributed by atoms with Gasteiger partial charge in [0.05, 0.1) is 11.3 Å². The minimum atomic E-state index is -1.74. The first-order valence-corrected chi connectivity index (χ1v) is 5.33. The van der Waals surface area contributed by atoms with Gasteiger partial charge in [-0.1, -0.05) is 0 Å². The maximum atomic E-state index is 13.4. The zero-order valence-electron chi connectivity index (χ0n) is 9.75. The molecule has 0 fully saturated rings. The molecule has 3 nitrogen and oxygen atoms in total. The molecule has 20 heavy (non-hydrogen) atoms. The zero-order chi connectivity index (χ0) is 14.9. The monoisotopic (exact) mass is 285 g/mol. The fraction of sp³-hybridized carbons (Fsp3) is 0. The fourth-order valence-electron chi connectivity index (χ4n) is 1.50. The van der Waals surface area contributed by atoms with Crippen LogP contribution in [0.5, 0.6) is 5.75 Å². The molecular weight excluding hydrogens is 278 g/mol. The first-order chi connectivity index (χ1) is 9.40. The number of anilines is 1. The van der Waals surface area contributed by atoms with Gasteiger partial charge >= 0.3 is 0 Å². The molecule has 7 heteroatoms. The molecule has 1 amide bonds. The van der Waals surface area contributed by atoms with E-state index in [9.17, 15) is 22.4 Å². The number of phenols is 1. The van der Waals surface area contributed by atoms with Crippen LogP contribution in [0.2, 0.25) is 0 Å². The lowest BCUT2D eigenvalue weighted by atomic mass is 10.2. The predicted molar refractivity (Wildman–Crippen MR) is 62.3 cm³/mol. The number of hydrogen-bond acceptors (Lipinski definition) is 2. The van der Waals surface area contributed by atoms with Crippen LogP contribution in [0.4, 0.5) is 23.2 Å². The van der Waals surface area contributed by atoms with Crippen molar-refractivity contribution in [1.29, 1.82) is 0 Å². The fourth-order valence-corrected chi connectivity index (χ4v) is 1.50. The van der Waals surface area contributed by atoms with Gasteiger partial charge in [0.2, 0.25) is 0 Å². The Hall–Kier alpha value is -2.57. The number of carbonyl (C=O) groups is 1. The summed E-state index contributed by atoms with van der Waals surface area (Å²) in [5.74, 6) is -7.22. The highest BCUT2D eigenvalue weighted by atomic mass is 19.2. The highest BCUT2D eigenvalue weighted by Crippen LogP contribution is 2.21. The summed E-state index contributed by atoms with van der Waals surface area (Å²) in [5.41, 5.74) is -1.10. The second-order valence-corrected chi connectivity index (χ2v) is 3.84. The van der Waals surface area contributed by atoms with Gasteiger partial charge in [0, 0.05) is 6.07 Å². The molecule has 0 atom stereocenters. The van der Waals surface area contributed by atoms with Gasteiger partial charge < -0.3 is 10.4 Å². The lowest BCUT2D eigenvalue weighted by molar-refractivity contribution is 0.102. The van der Waals surface area contributed by atoms with Gasteiger partial charge in [-0.15, -0.1) is 0 Å². The Balaban J connectivity index is 2.30. The maximum absolute atomic E-state index is 13.4. The van der Waals surface area contributed by atoms with Crippen LogP contribution in [0.15, 0.2) is 30.3 Å². The van der Waals surface area contributed by atoms with Gasteiger partial charge in [0.15, 0.2) is 17.5 Å². The topological polar surface area (TPSA) is 49.3 Å². The van der Waals surface area contributed by atoms with E-state index in [1.54, 1.807) is 0 Å². The second-order valence-electron chi connectivity index (χ2n) is 3.84. The molecular formula is C13H7F4NO2. The van der Waals surface area contributed by atoms with Crippen molar-refractivity contribution in [2.45, 2.75) is 0 Å². The van der Waals surface area contributed by atoms with Crippen molar-refractivity contribution in [3.63, 3.8) is 0 Å². The Labute approximate surface area is 110 Å². The van der Waals surface area contributed by atoms with Crippen molar-refractivity contribution in [1.82, 2.24) is 0 Å². The van der Waals surface area contributed by atoms with Gasteiger partial charge in [-0.3, -0.25) is 4.79 Å². The van der Waals surface area contributed by atoms with Gasteiger partial charge in [0.25, 0.3) is 5.91 Å². The van der Waals surface area contributed by atoms with Crippen molar-refractivity contribution < 1.29 is 27.5 Å². The van der Waals surface area contributed by atoms with E-state index in [2.05, 4.69) is 0 Å². The molecule has 0 aromatic heterocycles. The van der Waals surface area contributed by atoms with Crippen molar-refractivity contribution in [3.8, 4) is 5.75 Å². The van der Waals surface area contributed by atoms with E-state index in [1.807, 2.05) is 5.32 Å². The second kappa shape index (κ2) is 5.20. The Morgan fingerprint density at radius 3 is 2.30 bits per heavy atom. The minimum Gasteiger partial charge on any atom is -0.508 e. The molecule has 0 heterocycles. The SMILES string of the molecule is O=C(Nc1ccc(F)c(F)c1F)c1ccc(O)cc1F. The number of benzene rings is 2. The largest absolute Gasteiger partial charge is 0.508 e. The zero-order valence-corrected chi connectivity index (χ0v) is 9.75. The molecule has 0 radical (unpaired) electrons. The van der Waals surface area contributed by atoms with Gasteiger partial charge in [-0.25, -0.2) is 17.6 Å². The Morgan fingerprint density at radius 2 is 1.65 bits per heavy atom. The standard InChI is InChI=1S/C13H7F4NO2/c14-8-3-4-10(12(17)11(8)16)18-13(20)7-2-1-6(19)5-9(7)15/h1-5,19H,(H,18,20). The third-order valence-corrected chi connectivity index (χ3v) is 2.48. The average molecular weight is 285 g/mol. The Kier molecular flexibility index (Phi) is 3.60. The first-order valence-electron chi connectivity index (χ1n) is 5.33. The molecule has 0 saturated carbocycles. The molecule has 0 aliphatic carbocycles. The summed E-state index contributed by atoms with van der Waals surface area (Å²) in [6.45, 7) is 0. The molecule has 2 N–H and O–H groups in total. The smallest absolute Gasteiger partial charge is 0.258 e. The van der Waals surface area contributed by atoms with Crippen molar-refractivity contribution in [2.75, 3.05) is 5.32 Å². The van der Waals surface area contributed by atoms with Crippen LogP contribution in [0, 0.1) is 23.3 Å². The molecule has 2 rings (SSSR count). The predicted octanol–water partition coefficient (Wildman–Crippen LogP) is 3.20. The quantitative estimate of drug-likeness (QED) is 0.657. The third kappa shape index (κ3) is 2.56. The molecule has 104 valence electrons. The number of rotatable bonds is 2. The Bertz CT molecular complexity index is 688. The van der Waals surface area contributed by atoms with Crippen LogP contribution in [-0.2, 0) is 0 Å². The molecule has 0 saturated heterocycles. The number of aromatic hydroxyl groups is 1.